The maximum Gasteiger partial charge on any atom is 0.121 e. The highest BCUT2D eigenvalue weighted by molar-refractivity contribution is 6.80. The Hall–Kier alpha value is 1.38. The van der Waals surface area contributed by atoms with Gasteiger partial charge in [-0.05, 0) is 0 Å². The predicted octanol–water partition coefficient (Wildman–Crippen LogP) is 1.53. The van der Waals surface area contributed by atoms with Crippen LogP contribution in [0.15, 0.2) is 0 Å². The van der Waals surface area contributed by atoms with E-state index in [-0.39, 0.29) is 0 Å². The van der Waals surface area contributed by atoms with Crippen LogP contribution < -0.4 is 0 Å². The van der Waals surface area contributed by atoms with E-state index in [1.165, 1.54) is 0 Å². The van der Waals surface area contributed by atoms with Gasteiger partial charge in [-0.1, -0.05) is 0 Å². The smallest absolute Gasteiger partial charge is 0.121 e. The maximum atomic E-state index is 5.10. The molecular weight excluding hydrogens is 194 g/mol. The molecule has 0 rings (SSSR count). The fourth-order valence-corrected chi connectivity index (χ4v) is 0. The van der Waals surface area contributed by atoms with Crippen molar-refractivity contribution in [2.75, 3.05) is 5.88 Å². The lowest BCUT2D eigenvalue weighted by atomic mass is 10.9. The van der Waals surface area contributed by atoms with Crippen LogP contribution in [-0.2, 0) is 0 Å². The monoisotopic (exact) mass is 198 g/mol. The molecule has 0 saturated carbocycles. The summed E-state index contributed by atoms with van der Waals surface area (Å²) < 4.78 is 0. The van der Waals surface area contributed by atoms with Crippen molar-refractivity contribution in [3.05, 3.63) is 0 Å². The van der Waals surface area contributed by atoms with Crippen molar-refractivity contribution < 1.29 is 0 Å². The minimum atomic E-state index is -0.406. The van der Waals surface area contributed by atoms with Crippen LogP contribution in [0.3, 0.4) is 0 Å². The molecule has 0 aromatic rings. The Labute approximate surface area is 66.2 Å². The number of rotatable bonds is 1. The number of alkyl halides is 3. The summed E-state index contributed by atoms with van der Waals surface area (Å²) in [7, 11) is 0.778. The average molecular weight is 200 g/mol. The molecule has 7 heavy (non-hydrogen) atoms. The Morgan fingerprint density at radius 2 is 1.43 bits per heavy atom. The molecule has 0 amide bonds. The summed E-state index contributed by atoms with van der Waals surface area (Å²) in [5, 5.41) is 0. The van der Waals surface area contributed by atoms with Gasteiger partial charge in [0.25, 0.3) is 0 Å². The van der Waals surface area contributed by atoms with Gasteiger partial charge in [0.2, 0.25) is 0 Å². The molecule has 0 unspecified atom stereocenters. The van der Waals surface area contributed by atoms with E-state index in [2.05, 4.69) is 0 Å². The van der Waals surface area contributed by atoms with Crippen molar-refractivity contribution in [2.24, 2.45) is 0 Å². The van der Waals surface area contributed by atoms with Crippen LogP contribution in [0, 0.1) is 0 Å². The molecule has 0 N–H and O–H groups in total. The largest absolute Gasteiger partial charge is 0.181 e. The first-order valence-corrected chi connectivity index (χ1v) is 5.92. The maximum absolute atomic E-state index is 5.10. The SMILES string of the molecule is ClCC(Cl)Cl.[SiH3]Cl. The van der Waals surface area contributed by atoms with E-state index in [0.29, 0.717) is 5.88 Å². The highest BCUT2D eigenvalue weighted by Crippen LogP contribution is 2.01. The second kappa shape index (κ2) is 10.4. The van der Waals surface area contributed by atoms with Crippen LogP contribution in [0.2, 0.25) is 0 Å². The van der Waals surface area contributed by atoms with Gasteiger partial charge < -0.3 is 0 Å². The molecule has 0 aromatic heterocycles. The molecular formula is C2H6Cl4Si. The molecule has 0 radical (unpaired) electrons. The minimum absolute atomic E-state index is 0.309. The van der Waals surface area contributed by atoms with E-state index in [1.807, 2.05) is 0 Å². The Morgan fingerprint density at radius 3 is 1.43 bits per heavy atom. The first kappa shape index (κ1) is 11.2. The van der Waals surface area contributed by atoms with E-state index >= 15 is 0 Å². The van der Waals surface area contributed by atoms with Crippen LogP contribution in [0.5, 0.6) is 0 Å². The van der Waals surface area contributed by atoms with Crippen LogP contribution in [0.1, 0.15) is 0 Å². The lowest BCUT2D eigenvalue weighted by Crippen LogP contribution is -1.82. The summed E-state index contributed by atoms with van der Waals surface area (Å²) in [5.74, 6) is 0.309. The molecule has 0 atom stereocenters. The van der Waals surface area contributed by atoms with E-state index in [0.717, 1.165) is 9.55 Å². The molecule has 0 aliphatic heterocycles. The Morgan fingerprint density at radius 1 is 1.29 bits per heavy atom. The van der Waals surface area contributed by atoms with Crippen molar-refractivity contribution in [3.8, 4) is 0 Å². The summed E-state index contributed by atoms with van der Waals surface area (Å²) >= 11 is 20.0. The molecule has 46 valence electrons. The van der Waals surface area contributed by atoms with E-state index in [9.17, 15) is 0 Å². The molecule has 0 fully saturated rings. The Kier molecular flexibility index (Phi) is 16.6. The molecule has 0 bridgehead atoms. The zero-order valence-corrected chi connectivity index (χ0v) is 8.82. The fraction of sp³-hybridized carbons (Fsp3) is 1.00. The van der Waals surface area contributed by atoms with Gasteiger partial charge >= 0.3 is 0 Å². The molecule has 0 saturated heterocycles. The molecule has 0 aliphatic carbocycles. The third kappa shape index (κ3) is 18.7. The van der Waals surface area contributed by atoms with Crippen molar-refractivity contribution in [3.63, 3.8) is 0 Å². The van der Waals surface area contributed by atoms with Gasteiger partial charge in [0.1, 0.15) is 14.4 Å². The van der Waals surface area contributed by atoms with E-state index < -0.39 is 4.84 Å². The second-order valence-corrected chi connectivity index (χ2v) is 2.13. The first-order chi connectivity index (χ1) is 3.27. The predicted molar refractivity (Wildman–Crippen MR) is 42.0 cm³/mol. The molecule has 5 heteroatoms. The van der Waals surface area contributed by atoms with Crippen LogP contribution in [0.25, 0.3) is 0 Å². The Bertz CT molecular complexity index is 23.7. The summed E-state index contributed by atoms with van der Waals surface area (Å²) in [4.78, 5) is -0.406. The number of hydrogen-bond acceptors (Lipinski definition) is 0. The van der Waals surface area contributed by atoms with Crippen molar-refractivity contribution in [1.29, 1.82) is 0 Å². The third-order valence-electron chi connectivity index (χ3n) is 0.117. The van der Waals surface area contributed by atoms with Gasteiger partial charge in [-0.2, -0.15) is 11.1 Å². The highest BCUT2D eigenvalue weighted by Gasteiger charge is 1.88. The second-order valence-electron chi connectivity index (χ2n) is 0.545. The van der Waals surface area contributed by atoms with Gasteiger partial charge in [-0.15, -0.1) is 34.8 Å². The van der Waals surface area contributed by atoms with Crippen molar-refractivity contribution in [1.82, 2.24) is 0 Å². The van der Waals surface area contributed by atoms with Gasteiger partial charge in [0.05, 0.1) is 5.88 Å². The molecule has 0 aliphatic rings. The quantitative estimate of drug-likeness (QED) is 0.342. The standard InChI is InChI=1S/C2H3Cl3.ClH3Si/c3-1-2(4)5;1-2/h2H,1H2;2H3. The normalized spacial score (nSPS) is 8.14. The fourth-order valence-electron chi connectivity index (χ4n) is 0. The molecule has 0 nitrogen and oxygen atoms in total. The van der Waals surface area contributed by atoms with Crippen LogP contribution in [0.4, 0.5) is 0 Å². The first-order valence-electron chi connectivity index (χ1n) is 1.49. The summed E-state index contributed by atoms with van der Waals surface area (Å²) in [6.45, 7) is 0. The summed E-state index contributed by atoms with van der Waals surface area (Å²) in [5.41, 5.74) is 0. The number of hydrogen-bond donors (Lipinski definition) is 0. The lowest BCUT2D eigenvalue weighted by Gasteiger charge is -1.82. The van der Waals surface area contributed by atoms with Gasteiger partial charge in [0.15, 0.2) is 0 Å². The summed E-state index contributed by atoms with van der Waals surface area (Å²) in [6.07, 6.45) is 0. The average Bonchev–Trinajstić information content (AvgIpc) is 1.73. The van der Waals surface area contributed by atoms with Crippen LogP contribution >= 0.6 is 45.9 Å². The molecule has 0 spiro atoms. The topological polar surface area (TPSA) is 0 Å². The van der Waals surface area contributed by atoms with Crippen molar-refractivity contribution >= 4 is 55.4 Å². The molecule has 0 heterocycles. The Balaban J connectivity index is 0. The van der Waals surface area contributed by atoms with Crippen molar-refractivity contribution in [2.45, 2.75) is 4.84 Å². The zero-order chi connectivity index (χ0) is 6.28. The van der Waals surface area contributed by atoms with Gasteiger partial charge in [-0.3, -0.25) is 0 Å². The van der Waals surface area contributed by atoms with E-state index in [1.54, 1.807) is 0 Å². The van der Waals surface area contributed by atoms with Gasteiger partial charge in [0, 0.05) is 0 Å². The minimum Gasteiger partial charge on any atom is -0.181 e. The highest BCUT2D eigenvalue weighted by atomic mass is 35.6. The van der Waals surface area contributed by atoms with Crippen LogP contribution in [-0.4, -0.2) is 20.3 Å². The van der Waals surface area contributed by atoms with Gasteiger partial charge in [-0.25, -0.2) is 0 Å². The van der Waals surface area contributed by atoms with E-state index in [4.69, 9.17) is 45.9 Å². The summed E-state index contributed by atoms with van der Waals surface area (Å²) in [6, 6.07) is 0. The lowest BCUT2D eigenvalue weighted by molar-refractivity contribution is 1.40. The molecule has 0 aromatic carbocycles. The number of halogens is 4. The zero-order valence-electron chi connectivity index (χ0n) is 3.80. The third-order valence-corrected chi connectivity index (χ3v) is 1.05.